The van der Waals surface area contributed by atoms with Crippen molar-refractivity contribution < 1.29 is 4.79 Å². The summed E-state index contributed by atoms with van der Waals surface area (Å²) in [4.78, 5) is 9.88. The quantitative estimate of drug-likeness (QED) is 0.482. The monoisotopic (exact) mass is 86.1 g/mol. The zero-order valence-electron chi connectivity index (χ0n) is 3.99. The van der Waals surface area contributed by atoms with Gasteiger partial charge >= 0.3 is 0 Å². The zero-order chi connectivity index (χ0) is 5.15. The maximum Gasteiger partial charge on any atom is 0.224 e. The molecule has 6 heavy (non-hydrogen) atoms. The Morgan fingerprint density at radius 1 is 1.50 bits per heavy atom. The summed E-state index contributed by atoms with van der Waals surface area (Å²) in [5, 5.41) is 0. The van der Waals surface area contributed by atoms with E-state index in [1.165, 1.54) is 0 Å². The average molecular weight is 86.1 g/mol. The summed E-state index contributed by atoms with van der Waals surface area (Å²) in [6, 6.07) is 0. The summed E-state index contributed by atoms with van der Waals surface area (Å²) >= 11 is 0. The summed E-state index contributed by atoms with van der Waals surface area (Å²) in [6.45, 7) is 3.37. The smallest absolute Gasteiger partial charge is 0.224 e. The summed E-state index contributed by atoms with van der Waals surface area (Å²) in [6.07, 6.45) is 0. The predicted molar refractivity (Wildman–Crippen MR) is 23.8 cm³/mol. The van der Waals surface area contributed by atoms with E-state index in [-0.39, 0.29) is 5.91 Å². The first-order valence-electron chi connectivity index (χ1n) is 1.74. The molecule has 0 saturated carbocycles. The number of carbonyl (C=O) groups excluding carboxylic acids is 1. The normalized spacial score (nSPS) is 9.17. The van der Waals surface area contributed by atoms with E-state index in [4.69, 9.17) is 5.73 Å². The molecule has 2 nitrogen and oxygen atoms in total. The van der Waals surface area contributed by atoms with Gasteiger partial charge in [0.05, 0.1) is 5.92 Å². The van der Waals surface area contributed by atoms with Gasteiger partial charge in [0.25, 0.3) is 0 Å². The molecule has 35 valence electrons. The lowest BCUT2D eigenvalue weighted by Gasteiger charge is -1.89. The van der Waals surface area contributed by atoms with Crippen molar-refractivity contribution in [1.29, 1.82) is 0 Å². The molecule has 0 atom stereocenters. The van der Waals surface area contributed by atoms with Crippen molar-refractivity contribution >= 4 is 5.91 Å². The van der Waals surface area contributed by atoms with E-state index in [1.54, 1.807) is 13.8 Å². The Hall–Kier alpha value is -0.530. The van der Waals surface area contributed by atoms with Crippen molar-refractivity contribution in [2.45, 2.75) is 13.8 Å². The number of hydrogen-bond acceptors (Lipinski definition) is 1. The fourth-order valence-corrected chi connectivity index (χ4v) is 0. The third-order valence-corrected chi connectivity index (χ3v) is 0.493. The molecule has 0 bridgehead atoms. The highest BCUT2D eigenvalue weighted by atomic mass is 16.1. The summed E-state index contributed by atoms with van der Waals surface area (Å²) in [7, 11) is 0. The van der Waals surface area contributed by atoms with Gasteiger partial charge in [-0.05, 0) is 0 Å². The van der Waals surface area contributed by atoms with E-state index in [1.807, 2.05) is 0 Å². The van der Waals surface area contributed by atoms with Crippen LogP contribution >= 0.6 is 0 Å². The van der Waals surface area contributed by atoms with Crippen LogP contribution in [0.3, 0.4) is 0 Å². The molecule has 0 aromatic rings. The van der Waals surface area contributed by atoms with Crippen molar-refractivity contribution in [2.75, 3.05) is 0 Å². The first kappa shape index (κ1) is 5.47. The molecule has 0 aromatic carbocycles. The van der Waals surface area contributed by atoms with E-state index in [0.717, 1.165) is 0 Å². The van der Waals surface area contributed by atoms with Gasteiger partial charge in [0.2, 0.25) is 5.91 Å². The zero-order valence-corrected chi connectivity index (χ0v) is 3.99. The Bertz CT molecular complexity index is 58.6. The molecule has 0 aliphatic rings. The van der Waals surface area contributed by atoms with Gasteiger partial charge < -0.3 is 5.73 Å². The molecule has 0 heterocycles. The Balaban J connectivity index is 3.26. The minimum Gasteiger partial charge on any atom is -0.369 e. The first-order chi connectivity index (χ1) is 2.64. The number of hydrogen-bond donors (Lipinski definition) is 1. The molecule has 0 aromatic heterocycles. The van der Waals surface area contributed by atoms with E-state index in [2.05, 4.69) is 0 Å². The van der Waals surface area contributed by atoms with Crippen molar-refractivity contribution in [3.63, 3.8) is 0 Å². The van der Waals surface area contributed by atoms with Crippen LogP contribution in [0.1, 0.15) is 13.8 Å². The van der Waals surface area contributed by atoms with Crippen LogP contribution in [0, 0.1) is 5.92 Å². The molecule has 0 unspecified atom stereocenters. The van der Waals surface area contributed by atoms with E-state index < -0.39 is 0 Å². The molecule has 2 heteroatoms. The van der Waals surface area contributed by atoms with E-state index in [9.17, 15) is 4.79 Å². The average Bonchev–Trinajstić information content (AvgIpc) is 1.36. The Kier molecular flexibility index (Phi) is 1.64. The Labute approximate surface area is 37.3 Å². The van der Waals surface area contributed by atoms with Gasteiger partial charge in [0.15, 0.2) is 0 Å². The SMILES string of the molecule is C[C](C)C(N)=O. The molecule has 0 saturated heterocycles. The maximum atomic E-state index is 9.88. The predicted octanol–water partition coefficient (Wildman–Crippen LogP) is 0.0860. The summed E-state index contributed by atoms with van der Waals surface area (Å²) < 4.78 is 0. The highest BCUT2D eigenvalue weighted by Crippen LogP contribution is 1.88. The second kappa shape index (κ2) is 1.80. The van der Waals surface area contributed by atoms with Crippen molar-refractivity contribution in [2.24, 2.45) is 5.73 Å². The lowest BCUT2D eigenvalue weighted by atomic mass is 10.2. The van der Waals surface area contributed by atoms with Gasteiger partial charge in [-0.1, -0.05) is 13.8 Å². The maximum absolute atomic E-state index is 9.88. The Morgan fingerprint density at radius 2 is 1.67 bits per heavy atom. The van der Waals surface area contributed by atoms with Gasteiger partial charge in [-0.15, -0.1) is 0 Å². The molecular weight excluding hydrogens is 78.0 g/mol. The van der Waals surface area contributed by atoms with Crippen LogP contribution in [-0.2, 0) is 4.79 Å². The fourth-order valence-electron chi connectivity index (χ4n) is 0. The number of primary amides is 1. The lowest BCUT2D eigenvalue weighted by molar-refractivity contribution is -0.116. The van der Waals surface area contributed by atoms with E-state index >= 15 is 0 Å². The summed E-state index contributed by atoms with van der Waals surface area (Å²) in [5.74, 6) is 0.324. The molecule has 0 aliphatic carbocycles. The van der Waals surface area contributed by atoms with Crippen LogP contribution in [-0.4, -0.2) is 5.91 Å². The van der Waals surface area contributed by atoms with Crippen LogP contribution in [0.15, 0.2) is 0 Å². The number of carbonyl (C=O) groups is 1. The molecule has 0 aliphatic heterocycles. The lowest BCUT2D eigenvalue weighted by Crippen LogP contribution is -2.15. The van der Waals surface area contributed by atoms with Gasteiger partial charge in [-0.3, -0.25) is 4.79 Å². The third kappa shape index (κ3) is 1.76. The number of nitrogens with two attached hydrogens (primary N) is 1. The second-order valence-electron chi connectivity index (χ2n) is 1.36. The Morgan fingerprint density at radius 3 is 1.67 bits per heavy atom. The summed E-state index contributed by atoms with van der Waals surface area (Å²) in [5.41, 5.74) is 4.76. The minimum absolute atomic E-state index is 0.324. The van der Waals surface area contributed by atoms with Crippen LogP contribution in [0.5, 0.6) is 0 Å². The standard InChI is InChI=1S/C4H8NO/c1-3(2)4(5)6/h1-2H3,(H2,5,6). The fraction of sp³-hybridized carbons (Fsp3) is 0.500. The molecule has 0 spiro atoms. The third-order valence-electron chi connectivity index (χ3n) is 0.493. The number of amides is 1. The molecule has 0 rings (SSSR count). The second-order valence-corrected chi connectivity index (χ2v) is 1.36. The van der Waals surface area contributed by atoms with Crippen molar-refractivity contribution in [1.82, 2.24) is 0 Å². The molecule has 2 N–H and O–H groups in total. The van der Waals surface area contributed by atoms with E-state index in [0.29, 0.717) is 5.92 Å². The molecule has 1 radical (unpaired) electrons. The molecule has 0 fully saturated rings. The highest BCUT2D eigenvalue weighted by Gasteiger charge is 1.97. The van der Waals surface area contributed by atoms with Crippen LogP contribution in [0.4, 0.5) is 0 Å². The highest BCUT2D eigenvalue weighted by molar-refractivity contribution is 5.86. The first-order valence-corrected chi connectivity index (χ1v) is 1.74. The van der Waals surface area contributed by atoms with Crippen LogP contribution in [0.25, 0.3) is 0 Å². The van der Waals surface area contributed by atoms with Gasteiger partial charge in [-0.25, -0.2) is 0 Å². The van der Waals surface area contributed by atoms with Crippen LogP contribution in [0.2, 0.25) is 0 Å². The molecular formula is C4H8NO. The van der Waals surface area contributed by atoms with Gasteiger partial charge in [-0.2, -0.15) is 0 Å². The molecule has 1 amide bonds. The van der Waals surface area contributed by atoms with Crippen molar-refractivity contribution in [3.05, 3.63) is 5.92 Å². The van der Waals surface area contributed by atoms with Gasteiger partial charge in [0.1, 0.15) is 0 Å². The van der Waals surface area contributed by atoms with Gasteiger partial charge in [0, 0.05) is 0 Å². The van der Waals surface area contributed by atoms with Crippen LogP contribution < -0.4 is 5.73 Å². The number of rotatable bonds is 1. The topological polar surface area (TPSA) is 43.1 Å². The largest absolute Gasteiger partial charge is 0.369 e. The van der Waals surface area contributed by atoms with Crippen molar-refractivity contribution in [3.8, 4) is 0 Å². The minimum atomic E-state index is -0.324.